The van der Waals surface area contributed by atoms with E-state index in [0.717, 1.165) is 53.2 Å². The number of benzene rings is 4. The van der Waals surface area contributed by atoms with Crippen molar-refractivity contribution in [3.05, 3.63) is 131 Å². The Kier molecular flexibility index (Phi) is 13.5. The average molecular weight is 632 g/mol. The summed E-state index contributed by atoms with van der Waals surface area (Å²) >= 11 is 20.1. The summed E-state index contributed by atoms with van der Waals surface area (Å²) in [5.41, 5.74) is 6.46. The van der Waals surface area contributed by atoms with Gasteiger partial charge in [0.05, 0.1) is 0 Å². The van der Waals surface area contributed by atoms with Crippen molar-refractivity contribution < 1.29 is 16.5 Å². The summed E-state index contributed by atoms with van der Waals surface area (Å²) in [7, 11) is 8.09. The first-order valence-corrected chi connectivity index (χ1v) is 13.8. The molecule has 0 atom stereocenters. The van der Waals surface area contributed by atoms with Gasteiger partial charge in [0.1, 0.15) is 0 Å². The summed E-state index contributed by atoms with van der Waals surface area (Å²) in [5.74, 6) is 0. The molecule has 0 bridgehead atoms. The zero-order chi connectivity index (χ0) is 27.7. The van der Waals surface area contributed by atoms with Crippen LogP contribution in [-0.4, -0.2) is 28.2 Å². The summed E-state index contributed by atoms with van der Waals surface area (Å²) < 4.78 is 0. The fourth-order valence-electron chi connectivity index (χ4n) is 3.55. The molecule has 0 unspecified atom stereocenters. The van der Waals surface area contributed by atoms with Crippen LogP contribution in [0.5, 0.6) is 0 Å². The smallest absolute Gasteiger partial charge is 0.778 e. The molecule has 39 heavy (non-hydrogen) atoms. The first kappa shape index (κ1) is 32.8. The first-order valence-electron chi connectivity index (χ1n) is 12.1. The van der Waals surface area contributed by atoms with E-state index in [2.05, 4.69) is 59.3 Å². The molecular formula is C32H32N2NiS4. The fourth-order valence-corrected chi connectivity index (χ4v) is 4.61. The maximum atomic E-state index is 5.51. The van der Waals surface area contributed by atoms with E-state index in [1.54, 1.807) is 0 Å². The van der Waals surface area contributed by atoms with Crippen LogP contribution >= 0.6 is 25.3 Å². The van der Waals surface area contributed by atoms with E-state index in [1.807, 2.05) is 113 Å². The molecule has 0 spiro atoms. The second-order valence-electron chi connectivity index (χ2n) is 8.97. The van der Waals surface area contributed by atoms with Crippen molar-refractivity contribution in [1.29, 1.82) is 0 Å². The molecule has 204 valence electrons. The molecule has 0 aromatic heterocycles. The van der Waals surface area contributed by atoms with E-state index in [0.29, 0.717) is 0 Å². The van der Waals surface area contributed by atoms with Gasteiger partial charge >= 0.3 is 16.5 Å². The second-order valence-corrected chi connectivity index (χ2v) is 10.7. The molecule has 0 aliphatic rings. The number of nitrogens with zero attached hydrogens (tertiary/aromatic N) is 2. The van der Waals surface area contributed by atoms with Crippen LogP contribution in [0.25, 0.3) is 19.6 Å². The second kappa shape index (κ2) is 16.0. The molecule has 0 fully saturated rings. The minimum atomic E-state index is 0. The Morgan fingerprint density at radius 1 is 0.462 bits per heavy atom. The monoisotopic (exact) mass is 630 g/mol. The molecule has 0 N–H and O–H groups in total. The van der Waals surface area contributed by atoms with Gasteiger partial charge in [-0.3, -0.25) is 0 Å². The molecule has 0 amide bonds. The minimum absolute atomic E-state index is 0. The Morgan fingerprint density at radius 3 is 1.00 bits per heavy atom. The van der Waals surface area contributed by atoms with Crippen molar-refractivity contribution in [3.8, 4) is 0 Å². The van der Waals surface area contributed by atoms with Gasteiger partial charge in [0.2, 0.25) is 0 Å². The standard InChI is InChI=1S/2C16H17NS2.Ni/c2*1-17(2)14-10-8-13(9-11-14)16(19)15(18)12-6-4-3-5-7-12;/h2*3-11,18-19H,1-2H3;/q;;+2/p-2/b2*16-15-;. The summed E-state index contributed by atoms with van der Waals surface area (Å²) in [4.78, 5) is 7.37. The van der Waals surface area contributed by atoms with E-state index in [4.69, 9.17) is 25.3 Å². The van der Waals surface area contributed by atoms with Gasteiger partial charge in [0.15, 0.2) is 0 Å². The predicted molar refractivity (Wildman–Crippen MR) is 181 cm³/mol. The molecule has 0 saturated carbocycles. The molecule has 4 aromatic rings. The van der Waals surface area contributed by atoms with Crippen molar-refractivity contribution in [2.75, 3.05) is 38.0 Å². The van der Waals surface area contributed by atoms with Crippen LogP contribution in [0.15, 0.2) is 109 Å². The maximum absolute atomic E-state index is 5.51. The molecule has 0 radical (unpaired) electrons. The normalized spacial score (nSPS) is 11.6. The van der Waals surface area contributed by atoms with Gasteiger partial charge in [0, 0.05) is 39.6 Å². The Bertz CT molecular complexity index is 1260. The molecule has 2 nitrogen and oxygen atoms in total. The van der Waals surface area contributed by atoms with Gasteiger partial charge in [-0.15, -0.1) is 25.3 Å². The number of hydrogen-bond acceptors (Lipinski definition) is 6. The quantitative estimate of drug-likeness (QED) is 0.0961. The van der Waals surface area contributed by atoms with Gasteiger partial charge in [0.25, 0.3) is 0 Å². The molecule has 4 aromatic carbocycles. The van der Waals surface area contributed by atoms with Crippen molar-refractivity contribution in [3.63, 3.8) is 0 Å². The number of anilines is 2. The molecule has 7 heteroatoms. The van der Waals surface area contributed by atoms with Gasteiger partial charge < -0.3 is 35.1 Å². The Labute approximate surface area is 265 Å². The predicted octanol–water partition coefficient (Wildman–Crippen LogP) is 8.11. The summed E-state index contributed by atoms with van der Waals surface area (Å²) in [6.45, 7) is 0. The van der Waals surface area contributed by atoms with Crippen molar-refractivity contribution in [1.82, 2.24) is 0 Å². The van der Waals surface area contributed by atoms with Crippen LogP contribution in [-0.2, 0) is 41.7 Å². The van der Waals surface area contributed by atoms with Crippen LogP contribution in [0.4, 0.5) is 11.4 Å². The number of thiol groups is 2. The number of rotatable bonds is 6. The summed E-state index contributed by atoms with van der Waals surface area (Å²) in [6.07, 6.45) is 0. The van der Waals surface area contributed by atoms with Crippen LogP contribution in [0, 0.1) is 0 Å². The van der Waals surface area contributed by atoms with Gasteiger partial charge in [-0.05, 0) is 56.3 Å². The van der Waals surface area contributed by atoms with E-state index >= 15 is 0 Å². The zero-order valence-electron chi connectivity index (χ0n) is 22.3. The topological polar surface area (TPSA) is 6.48 Å². The molecule has 0 aliphatic heterocycles. The van der Waals surface area contributed by atoms with Crippen LogP contribution < -0.4 is 9.80 Å². The Hall–Kier alpha value is -2.41. The zero-order valence-corrected chi connectivity index (χ0v) is 26.7. The van der Waals surface area contributed by atoms with Crippen LogP contribution in [0.1, 0.15) is 22.3 Å². The third-order valence-corrected chi connectivity index (χ3v) is 7.96. The summed E-state index contributed by atoms with van der Waals surface area (Å²) in [5, 5.41) is 0. The maximum Gasteiger partial charge on any atom is 2.00 e. The fraction of sp³-hybridized carbons (Fsp3) is 0.125. The van der Waals surface area contributed by atoms with Gasteiger partial charge in [-0.1, -0.05) is 84.9 Å². The average Bonchev–Trinajstić information content (AvgIpc) is 2.97. The van der Waals surface area contributed by atoms with E-state index in [9.17, 15) is 0 Å². The van der Waals surface area contributed by atoms with E-state index in [-0.39, 0.29) is 16.5 Å². The van der Waals surface area contributed by atoms with Gasteiger partial charge in [-0.2, -0.15) is 9.81 Å². The molecular weight excluding hydrogens is 599 g/mol. The van der Waals surface area contributed by atoms with Crippen LogP contribution in [0.2, 0.25) is 0 Å². The van der Waals surface area contributed by atoms with E-state index in [1.165, 1.54) is 0 Å². The Balaban J connectivity index is 0.000000267. The minimum Gasteiger partial charge on any atom is -0.778 e. The molecule has 4 rings (SSSR count). The first-order chi connectivity index (χ1) is 18.2. The van der Waals surface area contributed by atoms with Crippen LogP contribution in [0.3, 0.4) is 0 Å². The largest absolute Gasteiger partial charge is 2.00 e. The van der Waals surface area contributed by atoms with E-state index < -0.39 is 0 Å². The molecule has 0 saturated heterocycles. The third-order valence-electron chi connectivity index (χ3n) is 5.82. The van der Waals surface area contributed by atoms with Crippen molar-refractivity contribution in [2.24, 2.45) is 0 Å². The third kappa shape index (κ3) is 9.34. The van der Waals surface area contributed by atoms with Crippen molar-refractivity contribution >= 4 is 81.5 Å². The van der Waals surface area contributed by atoms with Crippen molar-refractivity contribution in [2.45, 2.75) is 0 Å². The Morgan fingerprint density at radius 2 is 0.744 bits per heavy atom. The molecule has 0 heterocycles. The SMILES string of the molecule is CN(C)c1ccc(/C([S-])=C(/S)c2ccccc2)cc1.CN(C)c1ccc(/C([S-])=C(/S)c2ccccc2)cc1.[Ni+2]. The van der Waals surface area contributed by atoms with Gasteiger partial charge in [-0.25, -0.2) is 0 Å². The summed E-state index contributed by atoms with van der Waals surface area (Å²) in [6, 6.07) is 36.4. The molecule has 0 aliphatic carbocycles. The number of hydrogen-bond donors (Lipinski definition) is 2.